The fourth-order valence-electron chi connectivity index (χ4n) is 2.41. The minimum Gasteiger partial charge on any atom is -0.271 e. The number of rotatable bonds is 3. The van der Waals surface area contributed by atoms with Crippen LogP contribution in [0.3, 0.4) is 0 Å². The van der Waals surface area contributed by atoms with Gasteiger partial charge in [-0.05, 0) is 47.7 Å². The standard InChI is InChI=1S/C16H15FN2S/c1-10-4-2-3-5-13(10)16(19-18)15-9-11-8-12(17)6-7-14(11)20-15/h2-9,16,19H,18H2,1H3. The average Bonchev–Trinajstić information content (AvgIpc) is 2.84. The van der Waals surface area contributed by atoms with E-state index in [-0.39, 0.29) is 11.9 Å². The van der Waals surface area contributed by atoms with E-state index in [1.54, 1.807) is 17.4 Å². The van der Waals surface area contributed by atoms with Crippen LogP contribution in [0.15, 0.2) is 48.5 Å². The Bertz CT molecular complexity index is 751. The zero-order valence-electron chi connectivity index (χ0n) is 11.1. The lowest BCUT2D eigenvalue weighted by molar-refractivity contribution is 0.629. The van der Waals surface area contributed by atoms with E-state index in [1.165, 1.54) is 11.6 Å². The summed E-state index contributed by atoms with van der Waals surface area (Å²) in [6.07, 6.45) is 0. The monoisotopic (exact) mass is 286 g/mol. The first-order chi connectivity index (χ1) is 9.69. The van der Waals surface area contributed by atoms with Gasteiger partial charge in [-0.1, -0.05) is 24.3 Å². The smallest absolute Gasteiger partial charge is 0.123 e. The number of halogens is 1. The molecule has 0 radical (unpaired) electrons. The van der Waals surface area contributed by atoms with Crippen LogP contribution in [0.4, 0.5) is 4.39 Å². The zero-order valence-corrected chi connectivity index (χ0v) is 11.9. The third-order valence-corrected chi connectivity index (χ3v) is 4.63. The van der Waals surface area contributed by atoms with E-state index >= 15 is 0 Å². The van der Waals surface area contributed by atoms with Gasteiger partial charge in [0.25, 0.3) is 0 Å². The molecule has 0 saturated heterocycles. The van der Waals surface area contributed by atoms with Gasteiger partial charge in [0.05, 0.1) is 6.04 Å². The van der Waals surface area contributed by atoms with E-state index < -0.39 is 0 Å². The second kappa shape index (κ2) is 5.32. The van der Waals surface area contributed by atoms with Gasteiger partial charge in [-0.25, -0.2) is 9.82 Å². The maximum atomic E-state index is 13.3. The summed E-state index contributed by atoms with van der Waals surface area (Å²) >= 11 is 1.63. The zero-order chi connectivity index (χ0) is 14.1. The molecule has 1 atom stereocenters. The highest BCUT2D eigenvalue weighted by Crippen LogP contribution is 2.34. The normalized spacial score (nSPS) is 12.8. The first-order valence-electron chi connectivity index (χ1n) is 6.39. The van der Waals surface area contributed by atoms with E-state index in [1.807, 2.05) is 24.3 Å². The van der Waals surface area contributed by atoms with Crippen molar-refractivity contribution >= 4 is 21.4 Å². The molecule has 0 saturated carbocycles. The Hall–Kier alpha value is -1.75. The molecule has 0 aliphatic rings. The van der Waals surface area contributed by atoms with Crippen molar-refractivity contribution in [3.8, 4) is 0 Å². The molecule has 2 nitrogen and oxygen atoms in total. The number of aryl methyl sites for hydroxylation is 1. The van der Waals surface area contributed by atoms with E-state index in [0.717, 1.165) is 20.5 Å². The van der Waals surface area contributed by atoms with Gasteiger partial charge in [0, 0.05) is 9.58 Å². The number of fused-ring (bicyclic) bond motifs is 1. The molecule has 2 aromatic carbocycles. The Morgan fingerprint density at radius 3 is 2.70 bits per heavy atom. The van der Waals surface area contributed by atoms with Crippen LogP contribution < -0.4 is 11.3 Å². The Kier molecular flexibility index (Phi) is 3.53. The molecule has 0 aliphatic heterocycles. The molecule has 102 valence electrons. The van der Waals surface area contributed by atoms with Gasteiger partial charge < -0.3 is 0 Å². The number of benzene rings is 2. The minimum atomic E-state index is -0.213. The molecule has 0 aliphatic carbocycles. The number of hydrogen-bond donors (Lipinski definition) is 2. The number of hydrazine groups is 1. The molecule has 0 amide bonds. The molecule has 0 fully saturated rings. The fraction of sp³-hybridized carbons (Fsp3) is 0.125. The van der Waals surface area contributed by atoms with Crippen LogP contribution in [-0.2, 0) is 0 Å². The van der Waals surface area contributed by atoms with Gasteiger partial charge in [-0.2, -0.15) is 0 Å². The van der Waals surface area contributed by atoms with Gasteiger partial charge in [0.2, 0.25) is 0 Å². The summed E-state index contributed by atoms with van der Waals surface area (Å²) in [7, 11) is 0. The molecule has 1 unspecified atom stereocenters. The number of nitrogens with two attached hydrogens (primary N) is 1. The van der Waals surface area contributed by atoms with Crippen molar-refractivity contribution in [2.75, 3.05) is 0 Å². The highest BCUT2D eigenvalue weighted by molar-refractivity contribution is 7.19. The minimum absolute atomic E-state index is 0.0725. The van der Waals surface area contributed by atoms with Crippen LogP contribution >= 0.6 is 11.3 Å². The van der Waals surface area contributed by atoms with Crippen LogP contribution in [0, 0.1) is 12.7 Å². The van der Waals surface area contributed by atoms with Crippen molar-refractivity contribution in [2.24, 2.45) is 5.84 Å². The Labute approximate surface area is 121 Å². The molecular weight excluding hydrogens is 271 g/mol. The third-order valence-electron chi connectivity index (χ3n) is 3.45. The maximum absolute atomic E-state index is 13.3. The van der Waals surface area contributed by atoms with E-state index in [2.05, 4.69) is 24.5 Å². The van der Waals surface area contributed by atoms with Gasteiger partial charge in [-0.15, -0.1) is 11.3 Å². The molecule has 4 heteroatoms. The summed E-state index contributed by atoms with van der Waals surface area (Å²) in [5.41, 5.74) is 5.19. The van der Waals surface area contributed by atoms with Gasteiger partial charge >= 0.3 is 0 Å². The SMILES string of the molecule is Cc1ccccc1C(NN)c1cc2cc(F)ccc2s1. The van der Waals surface area contributed by atoms with Gasteiger partial charge in [0.15, 0.2) is 0 Å². The van der Waals surface area contributed by atoms with Crippen molar-refractivity contribution < 1.29 is 4.39 Å². The molecule has 0 spiro atoms. The van der Waals surface area contributed by atoms with E-state index in [0.29, 0.717) is 0 Å². The quantitative estimate of drug-likeness (QED) is 0.566. The van der Waals surface area contributed by atoms with Crippen molar-refractivity contribution in [1.29, 1.82) is 0 Å². The lowest BCUT2D eigenvalue weighted by Gasteiger charge is -2.16. The van der Waals surface area contributed by atoms with Crippen molar-refractivity contribution in [3.05, 3.63) is 70.4 Å². The number of thiophene rings is 1. The predicted molar refractivity (Wildman–Crippen MR) is 82.1 cm³/mol. The van der Waals surface area contributed by atoms with Gasteiger partial charge in [-0.3, -0.25) is 5.84 Å². The summed E-state index contributed by atoms with van der Waals surface area (Å²) < 4.78 is 14.3. The summed E-state index contributed by atoms with van der Waals surface area (Å²) in [6.45, 7) is 2.06. The fourth-order valence-corrected chi connectivity index (χ4v) is 3.54. The third kappa shape index (κ3) is 2.33. The summed E-state index contributed by atoms with van der Waals surface area (Å²) in [5, 5.41) is 0.916. The van der Waals surface area contributed by atoms with Crippen LogP contribution in [0.25, 0.3) is 10.1 Å². The maximum Gasteiger partial charge on any atom is 0.123 e. The first kappa shape index (κ1) is 13.2. The van der Waals surface area contributed by atoms with Crippen molar-refractivity contribution in [2.45, 2.75) is 13.0 Å². The first-order valence-corrected chi connectivity index (χ1v) is 7.21. The van der Waals surface area contributed by atoms with E-state index in [4.69, 9.17) is 5.84 Å². The highest BCUT2D eigenvalue weighted by Gasteiger charge is 2.17. The molecule has 20 heavy (non-hydrogen) atoms. The Balaban J connectivity index is 2.10. The Morgan fingerprint density at radius 2 is 1.95 bits per heavy atom. The molecule has 3 N–H and O–H groups in total. The van der Waals surface area contributed by atoms with Crippen LogP contribution in [0.5, 0.6) is 0 Å². The summed E-state index contributed by atoms with van der Waals surface area (Å²) in [6, 6.07) is 14.9. The van der Waals surface area contributed by atoms with Crippen molar-refractivity contribution in [3.63, 3.8) is 0 Å². The number of hydrogen-bond acceptors (Lipinski definition) is 3. The second-order valence-electron chi connectivity index (χ2n) is 4.79. The second-order valence-corrected chi connectivity index (χ2v) is 5.90. The van der Waals surface area contributed by atoms with Crippen LogP contribution in [0.2, 0.25) is 0 Å². The summed E-state index contributed by atoms with van der Waals surface area (Å²) in [5.74, 6) is 5.53. The summed E-state index contributed by atoms with van der Waals surface area (Å²) in [4.78, 5) is 1.09. The lowest BCUT2D eigenvalue weighted by Crippen LogP contribution is -2.28. The molecule has 0 bridgehead atoms. The largest absolute Gasteiger partial charge is 0.271 e. The molecule has 3 aromatic rings. The molecular formula is C16H15FN2S. The lowest BCUT2D eigenvalue weighted by atomic mass is 10.0. The van der Waals surface area contributed by atoms with Crippen LogP contribution in [-0.4, -0.2) is 0 Å². The highest BCUT2D eigenvalue weighted by atomic mass is 32.1. The van der Waals surface area contributed by atoms with E-state index in [9.17, 15) is 4.39 Å². The van der Waals surface area contributed by atoms with Crippen molar-refractivity contribution in [1.82, 2.24) is 5.43 Å². The Morgan fingerprint density at radius 1 is 1.15 bits per heavy atom. The van der Waals surface area contributed by atoms with Crippen LogP contribution in [0.1, 0.15) is 22.0 Å². The average molecular weight is 286 g/mol. The molecule has 3 rings (SSSR count). The predicted octanol–water partition coefficient (Wildman–Crippen LogP) is 3.90. The van der Waals surface area contributed by atoms with Gasteiger partial charge in [0.1, 0.15) is 5.82 Å². The molecule has 1 aromatic heterocycles. The number of nitrogens with one attached hydrogen (secondary N) is 1. The topological polar surface area (TPSA) is 38.0 Å². The molecule has 1 heterocycles.